The Hall–Kier alpha value is -3.44. The lowest BCUT2D eigenvalue weighted by Gasteiger charge is -2.19. The number of tetrazole rings is 1. The number of rotatable bonds is 5. The van der Waals surface area contributed by atoms with Gasteiger partial charge in [0.15, 0.2) is 0 Å². The molecule has 0 aliphatic heterocycles. The number of benzene rings is 2. The van der Waals surface area contributed by atoms with Gasteiger partial charge in [-0.1, -0.05) is 41.9 Å². The largest absolute Gasteiger partial charge is 0.369 e. The van der Waals surface area contributed by atoms with Crippen LogP contribution in [0.4, 0.5) is 5.69 Å². The van der Waals surface area contributed by atoms with Crippen LogP contribution in [0, 0.1) is 11.3 Å². The van der Waals surface area contributed by atoms with E-state index in [2.05, 4.69) is 10.4 Å². The molecule has 0 fully saturated rings. The number of hydrogen-bond donors (Lipinski definition) is 0. The van der Waals surface area contributed by atoms with Crippen LogP contribution in [0.3, 0.4) is 0 Å². The molecule has 3 aromatic rings. The molecule has 1 amide bonds. The number of para-hydroxylation sites is 2. The number of halogens is 1. The maximum atomic E-state index is 12.6. The van der Waals surface area contributed by atoms with Crippen LogP contribution in [0.5, 0.6) is 0 Å². The van der Waals surface area contributed by atoms with Crippen LogP contribution in [0.1, 0.15) is 0 Å². The number of nitrogens with zero attached hydrogens (tertiary/aromatic N) is 6. The molecule has 0 aliphatic rings. The monoisotopic (exact) mass is 368 g/mol. The van der Waals surface area contributed by atoms with Gasteiger partial charge in [0.25, 0.3) is 0 Å². The van der Waals surface area contributed by atoms with Crippen molar-refractivity contribution in [3.05, 3.63) is 70.1 Å². The van der Waals surface area contributed by atoms with E-state index in [0.717, 1.165) is 9.36 Å². The second kappa shape index (κ2) is 7.63. The molecule has 0 radical (unpaired) electrons. The Morgan fingerprint density at radius 2 is 1.81 bits per heavy atom. The molecule has 0 spiro atoms. The molecule has 2 aromatic carbocycles. The molecule has 9 heteroatoms. The molecule has 0 saturated heterocycles. The highest BCUT2D eigenvalue weighted by molar-refractivity contribution is 6.32. The smallest absolute Gasteiger partial charge is 0.297 e. The molecule has 1 aromatic heterocycles. The first-order valence-electron chi connectivity index (χ1n) is 7.62. The van der Waals surface area contributed by atoms with Crippen LogP contribution in [-0.4, -0.2) is 32.2 Å². The summed E-state index contributed by atoms with van der Waals surface area (Å²) in [5.74, 6) is -0.453. The average molecular weight is 369 g/mol. The van der Waals surface area contributed by atoms with Crippen LogP contribution in [0.15, 0.2) is 59.4 Å². The molecule has 0 unspecified atom stereocenters. The SMILES string of the molecule is N#CCN(C(=O)Cn1nnn(-c2ccccc2Cl)c1=O)c1ccccc1. The zero-order valence-corrected chi connectivity index (χ0v) is 14.2. The molecule has 0 bridgehead atoms. The summed E-state index contributed by atoms with van der Waals surface area (Å²) in [6.45, 7) is -0.490. The second-order valence-corrected chi connectivity index (χ2v) is 5.66. The quantitative estimate of drug-likeness (QED) is 0.638. The first-order chi connectivity index (χ1) is 12.6. The van der Waals surface area contributed by atoms with Crippen molar-refractivity contribution < 1.29 is 4.79 Å². The van der Waals surface area contributed by atoms with E-state index in [1.165, 1.54) is 4.90 Å². The van der Waals surface area contributed by atoms with E-state index in [4.69, 9.17) is 16.9 Å². The van der Waals surface area contributed by atoms with Gasteiger partial charge in [-0.3, -0.25) is 9.69 Å². The van der Waals surface area contributed by atoms with Crippen molar-refractivity contribution in [3.8, 4) is 11.8 Å². The van der Waals surface area contributed by atoms with Gasteiger partial charge in [-0.25, -0.2) is 4.79 Å². The van der Waals surface area contributed by atoms with E-state index >= 15 is 0 Å². The van der Waals surface area contributed by atoms with Crippen LogP contribution >= 0.6 is 11.6 Å². The van der Waals surface area contributed by atoms with Crippen molar-refractivity contribution in [2.24, 2.45) is 0 Å². The fourth-order valence-corrected chi connectivity index (χ4v) is 2.58. The molecule has 1 heterocycles. The van der Waals surface area contributed by atoms with Gasteiger partial charge in [0.1, 0.15) is 13.1 Å². The summed E-state index contributed by atoms with van der Waals surface area (Å²) in [4.78, 5) is 26.3. The van der Waals surface area contributed by atoms with Gasteiger partial charge in [0, 0.05) is 5.69 Å². The fraction of sp³-hybridized carbons (Fsp3) is 0.118. The minimum Gasteiger partial charge on any atom is -0.297 e. The second-order valence-electron chi connectivity index (χ2n) is 5.26. The fourth-order valence-electron chi connectivity index (χ4n) is 2.36. The Morgan fingerprint density at radius 3 is 2.50 bits per heavy atom. The van der Waals surface area contributed by atoms with Crippen LogP contribution in [-0.2, 0) is 11.3 Å². The zero-order chi connectivity index (χ0) is 18.5. The maximum Gasteiger partial charge on any atom is 0.369 e. The molecule has 0 N–H and O–H groups in total. The summed E-state index contributed by atoms with van der Waals surface area (Å²) in [6, 6.07) is 17.4. The minimum absolute atomic E-state index is 0.143. The summed E-state index contributed by atoms with van der Waals surface area (Å²) < 4.78 is 1.95. The molecule has 130 valence electrons. The number of anilines is 1. The van der Waals surface area contributed by atoms with Gasteiger partial charge in [0.2, 0.25) is 5.91 Å². The average Bonchev–Trinajstić information content (AvgIpc) is 3.01. The van der Waals surface area contributed by atoms with E-state index in [9.17, 15) is 9.59 Å². The number of nitriles is 1. The van der Waals surface area contributed by atoms with Gasteiger partial charge in [-0.15, -0.1) is 0 Å². The van der Waals surface area contributed by atoms with E-state index in [0.29, 0.717) is 16.4 Å². The van der Waals surface area contributed by atoms with Gasteiger partial charge in [-0.05, 0) is 34.7 Å². The summed E-state index contributed by atoms with van der Waals surface area (Å²) in [5, 5.41) is 16.8. The summed E-state index contributed by atoms with van der Waals surface area (Å²) >= 11 is 6.07. The lowest BCUT2D eigenvalue weighted by atomic mass is 10.3. The highest BCUT2D eigenvalue weighted by Crippen LogP contribution is 2.17. The zero-order valence-electron chi connectivity index (χ0n) is 13.5. The van der Waals surface area contributed by atoms with E-state index in [1.54, 1.807) is 54.6 Å². The maximum absolute atomic E-state index is 12.6. The van der Waals surface area contributed by atoms with E-state index in [1.807, 2.05) is 6.07 Å². The molecule has 0 atom stereocenters. The Morgan fingerprint density at radius 1 is 1.12 bits per heavy atom. The third-order valence-electron chi connectivity index (χ3n) is 3.60. The van der Waals surface area contributed by atoms with Crippen molar-refractivity contribution >= 4 is 23.2 Å². The molecule has 8 nitrogen and oxygen atoms in total. The first kappa shape index (κ1) is 17.4. The summed E-state index contributed by atoms with van der Waals surface area (Å²) in [6.07, 6.45) is 0. The molecule has 0 aliphatic carbocycles. The van der Waals surface area contributed by atoms with Gasteiger partial charge < -0.3 is 0 Å². The number of hydrogen-bond acceptors (Lipinski definition) is 5. The predicted molar refractivity (Wildman–Crippen MR) is 95.0 cm³/mol. The lowest BCUT2D eigenvalue weighted by Crippen LogP contribution is -2.37. The lowest BCUT2D eigenvalue weighted by molar-refractivity contribution is -0.119. The standard InChI is InChI=1S/C17H13ClN6O2/c18-14-8-4-5-9-15(14)24-17(26)23(20-21-24)12-16(25)22(11-10-19)13-6-2-1-3-7-13/h1-9H,11-12H2. The molecule has 26 heavy (non-hydrogen) atoms. The number of carbonyl (C=O) groups is 1. The normalized spacial score (nSPS) is 10.3. The van der Waals surface area contributed by atoms with Crippen molar-refractivity contribution in [2.45, 2.75) is 6.54 Å². The summed E-state index contributed by atoms with van der Waals surface area (Å²) in [7, 11) is 0. The Kier molecular flexibility index (Phi) is 5.10. The molecule has 3 rings (SSSR count). The third-order valence-corrected chi connectivity index (χ3v) is 3.92. The molecular weight excluding hydrogens is 356 g/mol. The van der Waals surface area contributed by atoms with E-state index < -0.39 is 11.6 Å². The van der Waals surface area contributed by atoms with Crippen molar-refractivity contribution in [2.75, 3.05) is 11.4 Å². The predicted octanol–water partition coefficient (Wildman–Crippen LogP) is 1.64. The van der Waals surface area contributed by atoms with Crippen LogP contribution < -0.4 is 10.6 Å². The third kappa shape index (κ3) is 3.48. The Bertz CT molecular complexity index is 1020. The van der Waals surface area contributed by atoms with Crippen molar-refractivity contribution in [1.29, 1.82) is 5.26 Å². The van der Waals surface area contributed by atoms with Crippen molar-refractivity contribution in [3.63, 3.8) is 0 Å². The van der Waals surface area contributed by atoms with Crippen LogP contribution in [0.25, 0.3) is 5.69 Å². The van der Waals surface area contributed by atoms with Gasteiger partial charge in [0.05, 0.1) is 16.8 Å². The number of aromatic nitrogens is 4. The van der Waals surface area contributed by atoms with Crippen molar-refractivity contribution in [1.82, 2.24) is 19.8 Å². The highest BCUT2D eigenvalue weighted by Gasteiger charge is 2.19. The molecule has 0 saturated carbocycles. The van der Waals surface area contributed by atoms with E-state index in [-0.39, 0.29) is 13.1 Å². The van der Waals surface area contributed by atoms with Gasteiger partial charge >= 0.3 is 5.69 Å². The Balaban J connectivity index is 1.87. The highest BCUT2D eigenvalue weighted by atomic mass is 35.5. The number of carbonyl (C=O) groups excluding carboxylic acids is 1. The summed E-state index contributed by atoms with van der Waals surface area (Å²) in [5.41, 5.74) is 0.330. The minimum atomic E-state index is -0.601. The van der Waals surface area contributed by atoms with Gasteiger partial charge in [-0.2, -0.15) is 14.6 Å². The molecular formula is C17H13ClN6O2. The Labute approximate surface area is 153 Å². The number of amides is 1. The van der Waals surface area contributed by atoms with Crippen LogP contribution in [0.2, 0.25) is 5.02 Å². The topological polar surface area (TPSA) is 96.8 Å². The first-order valence-corrected chi connectivity index (χ1v) is 7.99.